The number of nitrogens with one attached hydrogen (secondary N) is 1. The highest BCUT2D eigenvalue weighted by molar-refractivity contribution is 5.73. The number of carbonyl (C=O) groups excluding carboxylic acids is 2. The van der Waals surface area contributed by atoms with E-state index in [4.69, 9.17) is 4.74 Å². The first-order valence-electron chi connectivity index (χ1n) is 5.88. The molecule has 0 aromatic heterocycles. The van der Waals surface area contributed by atoms with E-state index in [-0.39, 0.29) is 31.0 Å². The summed E-state index contributed by atoms with van der Waals surface area (Å²) in [6.07, 6.45) is -0.702. The molecule has 0 heterocycles. The van der Waals surface area contributed by atoms with Gasteiger partial charge >= 0.3 is 12.1 Å². The summed E-state index contributed by atoms with van der Waals surface area (Å²) in [5, 5.41) is 12.8. The van der Waals surface area contributed by atoms with Gasteiger partial charge in [0, 0.05) is 18.7 Å². The van der Waals surface area contributed by atoms with Crippen molar-refractivity contribution in [2.45, 2.75) is 13.3 Å². The molecule has 1 rings (SSSR count). The van der Waals surface area contributed by atoms with E-state index in [0.717, 1.165) is 0 Å². The predicted octanol–water partition coefficient (Wildman–Crippen LogP) is 1.64. The van der Waals surface area contributed by atoms with Gasteiger partial charge in [0.25, 0.3) is 5.69 Å². The van der Waals surface area contributed by atoms with E-state index in [2.05, 4.69) is 10.1 Å². The molecule has 108 valence electrons. The smallest absolute Gasteiger partial charge is 0.412 e. The van der Waals surface area contributed by atoms with Gasteiger partial charge < -0.3 is 14.8 Å². The van der Waals surface area contributed by atoms with Crippen molar-refractivity contribution in [3.05, 3.63) is 34.4 Å². The molecule has 0 radical (unpaired) electrons. The fourth-order valence-corrected chi connectivity index (χ4v) is 1.28. The number of nitro groups is 1. The zero-order valence-corrected chi connectivity index (χ0v) is 10.8. The zero-order chi connectivity index (χ0) is 15.0. The minimum atomic E-state index is -0.747. The minimum absolute atomic E-state index is 0.0448. The van der Waals surface area contributed by atoms with Gasteiger partial charge in [0.15, 0.2) is 0 Å². The Morgan fingerprint density at radius 1 is 1.30 bits per heavy atom. The average molecular weight is 282 g/mol. The fraction of sp³-hybridized carbons (Fsp3) is 0.333. The second-order valence-electron chi connectivity index (χ2n) is 3.62. The first kappa shape index (κ1) is 15.4. The maximum atomic E-state index is 11.4. The third-order valence-electron chi connectivity index (χ3n) is 2.16. The van der Waals surface area contributed by atoms with Gasteiger partial charge in [-0.1, -0.05) is 0 Å². The number of hydrogen-bond acceptors (Lipinski definition) is 6. The topological polar surface area (TPSA) is 108 Å². The Morgan fingerprint density at radius 2 is 1.95 bits per heavy atom. The van der Waals surface area contributed by atoms with Crippen molar-refractivity contribution in [2.75, 3.05) is 13.2 Å². The van der Waals surface area contributed by atoms with Crippen molar-refractivity contribution in [2.24, 2.45) is 0 Å². The molecule has 20 heavy (non-hydrogen) atoms. The summed E-state index contributed by atoms with van der Waals surface area (Å²) in [5.41, 5.74) is -0.0972. The Kier molecular flexibility index (Phi) is 5.95. The maximum Gasteiger partial charge on any atom is 0.412 e. The number of benzene rings is 1. The van der Waals surface area contributed by atoms with Crippen molar-refractivity contribution in [1.29, 1.82) is 0 Å². The lowest BCUT2D eigenvalue weighted by molar-refractivity contribution is -0.384. The first-order chi connectivity index (χ1) is 9.52. The standard InChI is InChI=1S/C12H14N2O6/c1-2-19-11(15)7-8-13-12(16)20-10-5-3-9(4-6-10)14(17)18/h3-6H,2,7-8H2,1H3,(H,13,16). The van der Waals surface area contributed by atoms with Gasteiger partial charge in [-0.15, -0.1) is 0 Å². The van der Waals surface area contributed by atoms with E-state index < -0.39 is 17.0 Å². The summed E-state index contributed by atoms with van der Waals surface area (Å²) >= 11 is 0. The quantitative estimate of drug-likeness (QED) is 0.482. The monoisotopic (exact) mass is 282 g/mol. The van der Waals surface area contributed by atoms with E-state index >= 15 is 0 Å². The lowest BCUT2D eigenvalue weighted by Gasteiger charge is -2.06. The molecule has 0 aliphatic rings. The van der Waals surface area contributed by atoms with Gasteiger partial charge in [-0.3, -0.25) is 14.9 Å². The molecule has 0 unspecified atom stereocenters. The van der Waals surface area contributed by atoms with Crippen LogP contribution in [-0.2, 0) is 9.53 Å². The Balaban J connectivity index is 2.35. The number of amides is 1. The van der Waals surface area contributed by atoms with Crippen LogP contribution < -0.4 is 10.1 Å². The molecule has 0 saturated carbocycles. The van der Waals surface area contributed by atoms with Crippen LogP contribution in [-0.4, -0.2) is 30.1 Å². The molecule has 0 atom stereocenters. The number of ether oxygens (including phenoxy) is 2. The van der Waals surface area contributed by atoms with Crippen molar-refractivity contribution < 1.29 is 24.0 Å². The molecule has 8 nitrogen and oxygen atoms in total. The van der Waals surface area contributed by atoms with Crippen molar-refractivity contribution >= 4 is 17.7 Å². The number of rotatable bonds is 6. The summed E-state index contributed by atoms with van der Waals surface area (Å²) in [4.78, 5) is 32.2. The summed E-state index contributed by atoms with van der Waals surface area (Å²) in [6.45, 7) is 2.06. The van der Waals surface area contributed by atoms with E-state index in [0.29, 0.717) is 0 Å². The lowest BCUT2D eigenvalue weighted by Crippen LogP contribution is -2.29. The van der Waals surface area contributed by atoms with Crippen molar-refractivity contribution in [3.8, 4) is 5.75 Å². The van der Waals surface area contributed by atoms with Crippen LogP contribution in [0.15, 0.2) is 24.3 Å². The fourth-order valence-electron chi connectivity index (χ4n) is 1.28. The summed E-state index contributed by atoms with van der Waals surface area (Å²) in [6, 6.07) is 5.06. The Bertz CT molecular complexity index is 485. The van der Waals surface area contributed by atoms with E-state index in [1.807, 2.05) is 0 Å². The molecular formula is C12H14N2O6. The Morgan fingerprint density at radius 3 is 2.50 bits per heavy atom. The van der Waals surface area contributed by atoms with E-state index in [1.54, 1.807) is 6.92 Å². The molecular weight excluding hydrogens is 268 g/mol. The zero-order valence-electron chi connectivity index (χ0n) is 10.8. The number of carbonyl (C=O) groups is 2. The van der Waals surface area contributed by atoms with Crippen LogP contribution in [0.5, 0.6) is 5.75 Å². The van der Waals surface area contributed by atoms with Crippen molar-refractivity contribution in [3.63, 3.8) is 0 Å². The number of nitro benzene ring substituents is 1. The number of non-ortho nitro benzene ring substituents is 1. The molecule has 0 saturated heterocycles. The second-order valence-corrected chi connectivity index (χ2v) is 3.62. The summed E-state index contributed by atoms with van der Waals surface area (Å²) in [7, 11) is 0. The van der Waals surface area contributed by atoms with Crippen LogP contribution >= 0.6 is 0 Å². The average Bonchev–Trinajstić information content (AvgIpc) is 2.39. The maximum absolute atomic E-state index is 11.4. The van der Waals surface area contributed by atoms with Crippen LogP contribution in [0.4, 0.5) is 10.5 Å². The predicted molar refractivity (Wildman–Crippen MR) is 68.4 cm³/mol. The van der Waals surface area contributed by atoms with Crippen molar-refractivity contribution in [1.82, 2.24) is 5.32 Å². The lowest BCUT2D eigenvalue weighted by atomic mass is 10.3. The van der Waals surface area contributed by atoms with Gasteiger partial charge in [-0.25, -0.2) is 4.79 Å². The normalized spacial score (nSPS) is 9.65. The van der Waals surface area contributed by atoms with E-state index in [9.17, 15) is 19.7 Å². The Labute approximate surface area is 114 Å². The number of esters is 1. The summed E-state index contributed by atoms with van der Waals surface area (Å²) < 4.78 is 9.55. The highest BCUT2D eigenvalue weighted by Crippen LogP contribution is 2.17. The highest BCUT2D eigenvalue weighted by Gasteiger charge is 2.08. The second kappa shape index (κ2) is 7.72. The van der Waals surface area contributed by atoms with Gasteiger partial charge in [-0.05, 0) is 19.1 Å². The molecule has 0 bridgehead atoms. The molecule has 0 aliphatic heterocycles. The van der Waals surface area contributed by atoms with E-state index in [1.165, 1.54) is 24.3 Å². The van der Waals surface area contributed by atoms with Crippen LogP contribution in [0, 0.1) is 10.1 Å². The molecule has 1 aromatic rings. The number of nitrogens with zero attached hydrogens (tertiary/aromatic N) is 1. The third kappa shape index (κ3) is 5.34. The molecule has 0 aliphatic carbocycles. The number of hydrogen-bond donors (Lipinski definition) is 1. The van der Waals surface area contributed by atoms with Crippen LogP contribution in [0.25, 0.3) is 0 Å². The molecule has 0 spiro atoms. The van der Waals surface area contributed by atoms with Gasteiger partial charge in [0.1, 0.15) is 5.75 Å². The van der Waals surface area contributed by atoms with Gasteiger partial charge in [0.05, 0.1) is 18.0 Å². The molecule has 1 amide bonds. The Hall–Kier alpha value is -2.64. The summed E-state index contributed by atoms with van der Waals surface area (Å²) in [5.74, 6) is -0.243. The molecule has 0 fully saturated rings. The van der Waals surface area contributed by atoms with Crippen LogP contribution in [0.3, 0.4) is 0 Å². The molecule has 8 heteroatoms. The molecule has 1 N–H and O–H groups in total. The van der Waals surface area contributed by atoms with Crippen LogP contribution in [0.2, 0.25) is 0 Å². The first-order valence-corrected chi connectivity index (χ1v) is 5.88. The largest absolute Gasteiger partial charge is 0.466 e. The third-order valence-corrected chi connectivity index (χ3v) is 2.16. The highest BCUT2D eigenvalue weighted by atomic mass is 16.6. The van der Waals surface area contributed by atoms with Gasteiger partial charge in [-0.2, -0.15) is 0 Å². The SMILES string of the molecule is CCOC(=O)CCNC(=O)Oc1ccc([N+](=O)[O-])cc1. The van der Waals surface area contributed by atoms with Gasteiger partial charge in [0.2, 0.25) is 0 Å². The minimum Gasteiger partial charge on any atom is -0.466 e. The van der Waals surface area contributed by atoms with Crippen LogP contribution in [0.1, 0.15) is 13.3 Å². The molecule has 1 aromatic carbocycles.